The van der Waals surface area contributed by atoms with Crippen molar-refractivity contribution in [3.05, 3.63) is 64.7 Å². The maximum atomic E-state index is 12.8. The van der Waals surface area contributed by atoms with Gasteiger partial charge in [0, 0.05) is 12.2 Å². The van der Waals surface area contributed by atoms with Crippen LogP contribution in [-0.2, 0) is 28.8 Å². The Kier molecular flexibility index (Phi) is 4.49. The van der Waals surface area contributed by atoms with E-state index in [1.807, 2.05) is 42.5 Å². The summed E-state index contributed by atoms with van der Waals surface area (Å²) >= 11 is 0. The number of ether oxygens (including phenoxy) is 1. The van der Waals surface area contributed by atoms with E-state index >= 15 is 0 Å². The van der Waals surface area contributed by atoms with Crippen LogP contribution in [0.3, 0.4) is 0 Å². The Morgan fingerprint density at radius 1 is 0.962 bits per heavy atom. The van der Waals surface area contributed by atoms with Crippen LogP contribution in [0.2, 0.25) is 0 Å². The summed E-state index contributed by atoms with van der Waals surface area (Å²) in [4.78, 5) is 27.0. The molecule has 1 heterocycles. The van der Waals surface area contributed by atoms with Crippen molar-refractivity contribution in [1.82, 2.24) is 0 Å². The minimum atomic E-state index is -0.801. The summed E-state index contributed by atoms with van der Waals surface area (Å²) in [6.07, 6.45) is 4.50. The fourth-order valence-corrected chi connectivity index (χ4v) is 3.93. The number of hydrogen-bond donors (Lipinski definition) is 0. The normalized spacial score (nSPS) is 16.6. The Balaban J connectivity index is 1.45. The van der Waals surface area contributed by atoms with Gasteiger partial charge in [-0.15, -0.1) is 0 Å². The van der Waals surface area contributed by atoms with E-state index in [-0.39, 0.29) is 5.91 Å². The molecule has 4 rings (SSSR count). The van der Waals surface area contributed by atoms with Crippen LogP contribution < -0.4 is 4.90 Å². The molecule has 0 fully saturated rings. The summed E-state index contributed by atoms with van der Waals surface area (Å²) in [6, 6.07) is 13.6. The highest BCUT2D eigenvalue weighted by Crippen LogP contribution is 2.28. The molecule has 0 unspecified atom stereocenters. The van der Waals surface area contributed by atoms with Crippen molar-refractivity contribution in [3.8, 4) is 0 Å². The summed E-state index contributed by atoms with van der Waals surface area (Å²) in [5.41, 5.74) is 5.18. The van der Waals surface area contributed by atoms with Gasteiger partial charge in [0.05, 0.1) is 5.56 Å². The lowest BCUT2D eigenvalue weighted by atomic mass is 9.90. The number of amides is 1. The third kappa shape index (κ3) is 3.12. The second kappa shape index (κ2) is 6.94. The summed E-state index contributed by atoms with van der Waals surface area (Å²) in [6.45, 7) is 2.29. The molecule has 4 nitrogen and oxygen atoms in total. The molecule has 0 bridgehead atoms. The lowest BCUT2D eigenvalue weighted by Crippen LogP contribution is -2.39. The lowest BCUT2D eigenvalue weighted by molar-refractivity contribution is -0.126. The molecule has 4 heteroatoms. The number of rotatable bonds is 3. The highest BCUT2D eigenvalue weighted by molar-refractivity contribution is 6.00. The smallest absolute Gasteiger partial charge is 0.338 e. The van der Waals surface area contributed by atoms with Crippen molar-refractivity contribution >= 4 is 17.6 Å². The van der Waals surface area contributed by atoms with E-state index < -0.39 is 12.1 Å². The van der Waals surface area contributed by atoms with Crippen molar-refractivity contribution in [3.63, 3.8) is 0 Å². The molecule has 1 aliphatic carbocycles. The number of aryl methyl sites for hydroxylation is 2. The third-order valence-electron chi connectivity index (χ3n) is 5.37. The average Bonchev–Trinajstić information content (AvgIpc) is 3.11. The number of carbonyl (C=O) groups excluding carboxylic acids is 2. The zero-order valence-electron chi connectivity index (χ0n) is 15.0. The van der Waals surface area contributed by atoms with E-state index in [4.69, 9.17) is 4.74 Å². The second-order valence-electron chi connectivity index (χ2n) is 7.11. The Bertz CT molecular complexity index is 858. The first-order chi connectivity index (χ1) is 12.6. The molecule has 2 aromatic rings. The standard InChI is InChI=1S/C22H23NO3/c1-15(21(24)23-13-12-17-7-4-5-9-20(17)23)26-22(25)19-11-10-16-6-2-3-8-18(16)14-19/h4-5,7,9-11,14-15H,2-3,6,8,12-13H2,1H3/t15-/m0/s1. The van der Waals surface area contributed by atoms with E-state index in [9.17, 15) is 9.59 Å². The Labute approximate surface area is 153 Å². The number of anilines is 1. The molecule has 0 saturated heterocycles. The fourth-order valence-electron chi connectivity index (χ4n) is 3.93. The van der Waals surface area contributed by atoms with Crippen LogP contribution >= 0.6 is 0 Å². The Morgan fingerprint density at radius 3 is 2.58 bits per heavy atom. The number of benzene rings is 2. The molecule has 0 N–H and O–H groups in total. The molecule has 26 heavy (non-hydrogen) atoms. The van der Waals surface area contributed by atoms with E-state index in [0.717, 1.165) is 36.9 Å². The molecule has 1 aliphatic heterocycles. The van der Waals surface area contributed by atoms with E-state index in [1.165, 1.54) is 17.5 Å². The minimum absolute atomic E-state index is 0.165. The first-order valence-corrected chi connectivity index (χ1v) is 9.35. The SMILES string of the molecule is C[C@H](OC(=O)c1ccc2c(c1)CCCC2)C(=O)N1CCc2ccccc21. The number of fused-ring (bicyclic) bond motifs is 2. The molecule has 134 valence electrons. The lowest BCUT2D eigenvalue weighted by Gasteiger charge is -2.22. The zero-order valence-corrected chi connectivity index (χ0v) is 15.0. The van der Waals surface area contributed by atoms with Gasteiger partial charge in [0.25, 0.3) is 5.91 Å². The van der Waals surface area contributed by atoms with Crippen LogP contribution in [0.5, 0.6) is 0 Å². The summed E-state index contributed by atoms with van der Waals surface area (Å²) in [5.74, 6) is -0.590. The van der Waals surface area contributed by atoms with Gasteiger partial charge in [0.1, 0.15) is 0 Å². The molecule has 0 radical (unpaired) electrons. The van der Waals surface area contributed by atoms with Gasteiger partial charge in [-0.3, -0.25) is 4.79 Å². The summed E-state index contributed by atoms with van der Waals surface area (Å²) in [7, 11) is 0. The van der Waals surface area contributed by atoms with Crippen molar-refractivity contribution in [1.29, 1.82) is 0 Å². The van der Waals surface area contributed by atoms with Gasteiger partial charge < -0.3 is 9.64 Å². The third-order valence-corrected chi connectivity index (χ3v) is 5.37. The number of carbonyl (C=O) groups is 2. The predicted molar refractivity (Wildman–Crippen MR) is 100 cm³/mol. The van der Waals surface area contributed by atoms with E-state index in [0.29, 0.717) is 12.1 Å². The molecular formula is C22H23NO3. The quantitative estimate of drug-likeness (QED) is 0.794. The molecule has 0 saturated carbocycles. The maximum absolute atomic E-state index is 12.8. The van der Waals surface area contributed by atoms with Crippen molar-refractivity contribution in [2.75, 3.05) is 11.4 Å². The van der Waals surface area contributed by atoms with Gasteiger partial charge in [0.2, 0.25) is 0 Å². The molecule has 0 aromatic heterocycles. The minimum Gasteiger partial charge on any atom is -0.449 e. The van der Waals surface area contributed by atoms with Crippen LogP contribution in [0.1, 0.15) is 46.8 Å². The monoisotopic (exact) mass is 349 g/mol. The van der Waals surface area contributed by atoms with Crippen LogP contribution in [0.15, 0.2) is 42.5 Å². The van der Waals surface area contributed by atoms with Gasteiger partial charge in [-0.2, -0.15) is 0 Å². The summed E-state index contributed by atoms with van der Waals surface area (Å²) in [5, 5.41) is 0. The average molecular weight is 349 g/mol. The Hall–Kier alpha value is -2.62. The van der Waals surface area contributed by atoms with Crippen molar-refractivity contribution in [2.45, 2.75) is 45.1 Å². The van der Waals surface area contributed by atoms with Gasteiger partial charge in [-0.05, 0) is 73.9 Å². The first-order valence-electron chi connectivity index (χ1n) is 9.35. The Morgan fingerprint density at radius 2 is 1.73 bits per heavy atom. The maximum Gasteiger partial charge on any atom is 0.338 e. The number of nitrogens with zero attached hydrogens (tertiary/aromatic N) is 1. The highest BCUT2D eigenvalue weighted by atomic mass is 16.5. The largest absolute Gasteiger partial charge is 0.449 e. The van der Waals surface area contributed by atoms with E-state index in [1.54, 1.807) is 11.8 Å². The number of esters is 1. The molecule has 1 amide bonds. The molecule has 2 aromatic carbocycles. The van der Waals surface area contributed by atoms with Crippen molar-refractivity contribution < 1.29 is 14.3 Å². The molecule has 1 atom stereocenters. The number of para-hydroxylation sites is 1. The zero-order chi connectivity index (χ0) is 18.1. The van der Waals surface area contributed by atoms with Gasteiger partial charge in [-0.25, -0.2) is 4.79 Å². The molecule has 2 aliphatic rings. The fraction of sp³-hybridized carbons (Fsp3) is 0.364. The second-order valence-corrected chi connectivity index (χ2v) is 7.11. The molecule has 0 spiro atoms. The van der Waals surface area contributed by atoms with Crippen LogP contribution in [0.4, 0.5) is 5.69 Å². The van der Waals surface area contributed by atoms with Gasteiger partial charge in [-0.1, -0.05) is 24.3 Å². The van der Waals surface area contributed by atoms with Gasteiger partial charge >= 0.3 is 5.97 Å². The van der Waals surface area contributed by atoms with Crippen LogP contribution in [0, 0.1) is 0 Å². The first kappa shape index (κ1) is 16.8. The molecular weight excluding hydrogens is 326 g/mol. The van der Waals surface area contributed by atoms with Gasteiger partial charge in [0.15, 0.2) is 6.10 Å². The van der Waals surface area contributed by atoms with Crippen molar-refractivity contribution in [2.24, 2.45) is 0 Å². The topological polar surface area (TPSA) is 46.6 Å². The van der Waals surface area contributed by atoms with E-state index in [2.05, 4.69) is 0 Å². The van der Waals surface area contributed by atoms with Crippen LogP contribution in [-0.4, -0.2) is 24.5 Å². The highest BCUT2D eigenvalue weighted by Gasteiger charge is 2.30. The summed E-state index contributed by atoms with van der Waals surface area (Å²) < 4.78 is 5.49. The predicted octanol–water partition coefficient (Wildman–Crippen LogP) is 3.70. The number of hydrogen-bond acceptors (Lipinski definition) is 3. The van der Waals surface area contributed by atoms with Crippen LogP contribution in [0.25, 0.3) is 0 Å².